The third-order valence-electron chi connectivity index (χ3n) is 2.91. The van der Waals surface area contributed by atoms with Crippen LogP contribution in [0, 0.1) is 5.92 Å². The molecule has 0 aromatic heterocycles. The summed E-state index contributed by atoms with van der Waals surface area (Å²) in [6.45, 7) is 1.91. The number of hydrogen-bond acceptors (Lipinski definition) is 2. The highest BCUT2D eigenvalue weighted by Crippen LogP contribution is 2.28. The van der Waals surface area contributed by atoms with Crippen LogP contribution in [0.15, 0.2) is 42.5 Å². The van der Waals surface area contributed by atoms with Gasteiger partial charge in [-0.2, -0.15) is 0 Å². The first-order valence-corrected chi connectivity index (χ1v) is 5.77. The van der Waals surface area contributed by atoms with Crippen LogP contribution >= 0.6 is 0 Å². The Balaban J connectivity index is 2.20. The predicted octanol–water partition coefficient (Wildman–Crippen LogP) is 2.53. The van der Waals surface area contributed by atoms with E-state index in [1.54, 1.807) is 12.1 Å². The molecular weight excluding hydrogens is 214 g/mol. The molecule has 0 aliphatic carbocycles. The quantitative estimate of drug-likeness (QED) is 0.590. The van der Waals surface area contributed by atoms with Crippen molar-refractivity contribution in [3.8, 4) is 0 Å². The van der Waals surface area contributed by atoms with Crippen LogP contribution < -0.4 is 4.90 Å². The highest BCUT2D eigenvalue weighted by molar-refractivity contribution is 6.20. The summed E-state index contributed by atoms with van der Waals surface area (Å²) >= 11 is 0. The van der Waals surface area contributed by atoms with E-state index in [9.17, 15) is 9.59 Å². The predicted molar refractivity (Wildman–Crippen MR) is 66.5 cm³/mol. The maximum Gasteiger partial charge on any atom is 0.237 e. The standard InChI is InChI=1S/C14H15NO2/c1-2-3-7-11-10-13(16)15(14(11)17)12-8-5-4-6-9-12/h2-6,8-9,11H,7,10H2,1H3/b3-2-. The minimum Gasteiger partial charge on any atom is -0.274 e. The zero-order chi connectivity index (χ0) is 12.3. The summed E-state index contributed by atoms with van der Waals surface area (Å²) in [6, 6.07) is 9.10. The molecule has 1 heterocycles. The molecule has 2 amide bonds. The molecule has 88 valence electrons. The van der Waals surface area contributed by atoms with Crippen LogP contribution in [-0.4, -0.2) is 11.8 Å². The number of carbonyl (C=O) groups is 2. The van der Waals surface area contributed by atoms with Gasteiger partial charge in [0.1, 0.15) is 0 Å². The van der Waals surface area contributed by atoms with Crippen molar-refractivity contribution in [2.45, 2.75) is 19.8 Å². The molecule has 17 heavy (non-hydrogen) atoms. The molecule has 1 aliphatic rings. The normalized spacial score (nSPS) is 20.5. The van der Waals surface area contributed by atoms with Crippen molar-refractivity contribution in [2.24, 2.45) is 5.92 Å². The van der Waals surface area contributed by atoms with Crippen LogP contribution in [0.4, 0.5) is 5.69 Å². The second-order valence-corrected chi connectivity index (χ2v) is 4.11. The van der Waals surface area contributed by atoms with E-state index in [1.807, 2.05) is 37.3 Å². The Bertz CT molecular complexity index is 451. The van der Waals surface area contributed by atoms with Crippen molar-refractivity contribution >= 4 is 17.5 Å². The molecule has 1 fully saturated rings. The lowest BCUT2D eigenvalue weighted by atomic mass is 10.0. The molecule has 1 saturated heterocycles. The maximum atomic E-state index is 12.1. The number of benzene rings is 1. The minimum atomic E-state index is -0.195. The van der Waals surface area contributed by atoms with Gasteiger partial charge in [-0.05, 0) is 25.5 Å². The summed E-state index contributed by atoms with van der Waals surface area (Å²) in [5, 5.41) is 0. The topological polar surface area (TPSA) is 37.4 Å². The summed E-state index contributed by atoms with van der Waals surface area (Å²) in [5.41, 5.74) is 0.672. The van der Waals surface area contributed by atoms with Gasteiger partial charge in [-0.3, -0.25) is 14.5 Å². The van der Waals surface area contributed by atoms with Gasteiger partial charge in [0.25, 0.3) is 0 Å². The van der Waals surface area contributed by atoms with Crippen LogP contribution in [-0.2, 0) is 9.59 Å². The Kier molecular flexibility index (Phi) is 3.38. The van der Waals surface area contributed by atoms with Gasteiger partial charge in [0, 0.05) is 6.42 Å². The Morgan fingerprint density at radius 3 is 2.65 bits per heavy atom. The van der Waals surface area contributed by atoms with Crippen LogP contribution in [0.1, 0.15) is 19.8 Å². The molecule has 1 aliphatic heterocycles. The van der Waals surface area contributed by atoms with Crippen molar-refractivity contribution in [3.05, 3.63) is 42.5 Å². The fourth-order valence-electron chi connectivity index (χ4n) is 2.03. The minimum absolute atomic E-state index is 0.0840. The summed E-state index contributed by atoms with van der Waals surface area (Å²) < 4.78 is 0. The fraction of sp³-hybridized carbons (Fsp3) is 0.286. The van der Waals surface area contributed by atoms with E-state index >= 15 is 0 Å². The number of carbonyl (C=O) groups excluding carboxylic acids is 2. The van der Waals surface area contributed by atoms with Gasteiger partial charge in [-0.25, -0.2) is 0 Å². The van der Waals surface area contributed by atoms with Crippen LogP contribution in [0.5, 0.6) is 0 Å². The third kappa shape index (κ3) is 2.28. The number of allylic oxidation sites excluding steroid dienone is 2. The lowest BCUT2D eigenvalue weighted by Gasteiger charge is -2.14. The van der Waals surface area contributed by atoms with Crippen LogP contribution in [0.25, 0.3) is 0 Å². The van der Waals surface area contributed by atoms with E-state index in [2.05, 4.69) is 0 Å². The van der Waals surface area contributed by atoms with Crippen molar-refractivity contribution in [1.82, 2.24) is 0 Å². The fourth-order valence-corrected chi connectivity index (χ4v) is 2.03. The van der Waals surface area contributed by atoms with Crippen LogP contribution in [0.3, 0.4) is 0 Å². The van der Waals surface area contributed by atoms with Crippen molar-refractivity contribution in [3.63, 3.8) is 0 Å². The number of para-hydroxylation sites is 1. The first-order valence-electron chi connectivity index (χ1n) is 5.77. The average Bonchev–Trinajstić information content (AvgIpc) is 2.63. The molecule has 1 aromatic carbocycles. The van der Waals surface area contributed by atoms with Crippen LogP contribution in [0.2, 0.25) is 0 Å². The van der Waals surface area contributed by atoms with E-state index in [4.69, 9.17) is 0 Å². The van der Waals surface area contributed by atoms with Gasteiger partial charge in [-0.1, -0.05) is 30.4 Å². The summed E-state index contributed by atoms with van der Waals surface area (Å²) in [5.74, 6) is -0.381. The molecule has 0 spiro atoms. The zero-order valence-electron chi connectivity index (χ0n) is 9.80. The van der Waals surface area contributed by atoms with Gasteiger partial charge in [0.15, 0.2) is 0 Å². The van der Waals surface area contributed by atoms with Gasteiger partial charge < -0.3 is 0 Å². The monoisotopic (exact) mass is 229 g/mol. The maximum absolute atomic E-state index is 12.1. The highest BCUT2D eigenvalue weighted by atomic mass is 16.2. The summed E-state index contributed by atoms with van der Waals surface area (Å²) in [4.78, 5) is 25.2. The molecular formula is C14H15NO2. The van der Waals surface area contributed by atoms with E-state index < -0.39 is 0 Å². The molecule has 3 heteroatoms. The van der Waals surface area contributed by atoms with E-state index in [-0.39, 0.29) is 17.7 Å². The Hall–Kier alpha value is -1.90. The molecule has 2 rings (SSSR count). The van der Waals surface area contributed by atoms with E-state index in [0.29, 0.717) is 18.5 Å². The van der Waals surface area contributed by atoms with Gasteiger partial charge in [-0.15, -0.1) is 0 Å². The lowest BCUT2D eigenvalue weighted by Crippen LogP contribution is -2.30. The smallest absolute Gasteiger partial charge is 0.237 e. The van der Waals surface area contributed by atoms with Crippen molar-refractivity contribution in [2.75, 3.05) is 4.90 Å². The summed E-state index contributed by atoms with van der Waals surface area (Å²) in [7, 11) is 0. The van der Waals surface area contributed by atoms with E-state index in [1.165, 1.54) is 4.90 Å². The zero-order valence-corrected chi connectivity index (χ0v) is 9.80. The van der Waals surface area contributed by atoms with Gasteiger partial charge in [0.2, 0.25) is 11.8 Å². The first-order chi connectivity index (χ1) is 8.24. The molecule has 1 unspecified atom stereocenters. The molecule has 0 saturated carbocycles. The highest BCUT2D eigenvalue weighted by Gasteiger charge is 2.38. The number of rotatable bonds is 3. The second-order valence-electron chi connectivity index (χ2n) is 4.11. The number of hydrogen-bond donors (Lipinski definition) is 0. The molecule has 0 N–H and O–H groups in total. The number of imide groups is 1. The molecule has 1 aromatic rings. The van der Waals surface area contributed by atoms with Crippen molar-refractivity contribution < 1.29 is 9.59 Å². The number of nitrogens with zero attached hydrogens (tertiary/aromatic N) is 1. The first kappa shape index (κ1) is 11.6. The summed E-state index contributed by atoms with van der Waals surface area (Å²) in [6.07, 6.45) is 4.80. The molecule has 3 nitrogen and oxygen atoms in total. The van der Waals surface area contributed by atoms with E-state index in [0.717, 1.165) is 0 Å². The molecule has 0 radical (unpaired) electrons. The average molecular weight is 229 g/mol. The third-order valence-corrected chi connectivity index (χ3v) is 2.91. The van der Waals surface area contributed by atoms with Gasteiger partial charge >= 0.3 is 0 Å². The number of amides is 2. The Morgan fingerprint density at radius 1 is 1.29 bits per heavy atom. The number of anilines is 1. The van der Waals surface area contributed by atoms with Crippen molar-refractivity contribution in [1.29, 1.82) is 0 Å². The Labute approximate surface area is 101 Å². The van der Waals surface area contributed by atoms with Gasteiger partial charge in [0.05, 0.1) is 11.6 Å². The lowest BCUT2D eigenvalue weighted by molar-refractivity contribution is -0.122. The molecule has 0 bridgehead atoms. The largest absolute Gasteiger partial charge is 0.274 e. The molecule has 1 atom stereocenters. The Morgan fingerprint density at radius 2 is 2.00 bits per heavy atom. The SMILES string of the molecule is C/C=C\CC1CC(=O)N(c2ccccc2)C1=O. The second kappa shape index (κ2) is 4.95.